The fourth-order valence-electron chi connectivity index (χ4n) is 2.48. The monoisotopic (exact) mass is 202 g/mol. The first-order valence-corrected chi connectivity index (χ1v) is 5.36. The summed E-state index contributed by atoms with van der Waals surface area (Å²) in [6.45, 7) is 2.28. The molecule has 0 unspecified atom stereocenters. The third-order valence-corrected chi connectivity index (χ3v) is 3.66. The van der Waals surface area contributed by atoms with E-state index >= 15 is 0 Å². The van der Waals surface area contributed by atoms with Gasteiger partial charge in [0, 0.05) is 18.0 Å². The molecule has 3 heteroatoms. The van der Waals surface area contributed by atoms with Gasteiger partial charge in [-0.15, -0.1) is 0 Å². The summed E-state index contributed by atoms with van der Waals surface area (Å²) < 4.78 is 1.10. The molecule has 3 rings (SSSR count). The van der Waals surface area contributed by atoms with E-state index in [1.54, 1.807) is 6.20 Å². The Kier molecular flexibility index (Phi) is 1.61. The number of aromatic nitrogens is 2. The van der Waals surface area contributed by atoms with E-state index in [9.17, 15) is 5.21 Å². The first kappa shape index (κ1) is 8.77. The van der Waals surface area contributed by atoms with Crippen LogP contribution in [0.2, 0.25) is 0 Å². The van der Waals surface area contributed by atoms with E-state index < -0.39 is 0 Å². The molecule has 1 N–H and O–H groups in total. The van der Waals surface area contributed by atoms with Crippen molar-refractivity contribution in [3.05, 3.63) is 30.1 Å². The zero-order valence-electron chi connectivity index (χ0n) is 8.77. The van der Waals surface area contributed by atoms with E-state index in [0.717, 1.165) is 10.3 Å². The van der Waals surface area contributed by atoms with Crippen molar-refractivity contribution in [1.29, 1.82) is 0 Å². The second-order valence-corrected chi connectivity index (χ2v) is 4.68. The van der Waals surface area contributed by atoms with Gasteiger partial charge in [-0.1, -0.05) is 13.3 Å². The first-order valence-electron chi connectivity index (χ1n) is 5.36. The van der Waals surface area contributed by atoms with Crippen molar-refractivity contribution < 1.29 is 5.21 Å². The number of nitrogens with zero attached hydrogens (tertiary/aromatic N) is 2. The quantitative estimate of drug-likeness (QED) is 0.722. The predicted molar refractivity (Wildman–Crippen MR) is 57.2 cm³/mol. The standard InChI is InChI=1S/C12H14N2O/c1-12(5-3-6-12)10-8-13-11-9(10)4-2-7-14(11)15/h2,4,7-8,15H,3,5-6H2,1H3. The number of hydrogen-bond donors (Lipinski definition) is 1. The normalized spacial score (nSPS) is 19.0. The highest BCUT2D eigenvalue weighted by atomic mass is 16.5. The molecular weight excluding hydrogens is 188 g/mol. The predicted octanol–water partition coefficient (Wildman–Crippen LogP) is 2.67. The Labute approximate surface area is 88.7 Å². The van der Waals surface area contributed by atoms with Crippen molar-refractivity contribution in [2.45, 2.75) is 31.6 Å². The molecule has 78 valence electrons. The lowest BCUT2D eigenvalue weighted by Gasteiger charge is -2.38. The molecule has 0 radical (unpaired) electrons. The summed E-state index contributed by atoms with van der Waals surface area (Å²) in [7, 11) is 0. The van der Waals surface area contributed by atoms with Crippen LogP contribution < -0.4 is 0 Å². The molecule has 1 aliphatic carbocycles. The molecule has 15 heavy (non-hydrogen) atoms. The molecule has 0 saturated heterocycles. The summed E-state index contributed by atoms with van der Waals surface area (Å²) in [5.41, 5.74) is 2.65. The summed E-state index contributed by atoms with van der Waals surface area (Å²) in [5, 5.41) is 9.60. The van der Waals surface area contributed by atoms with Gasteiger partial charge in [0.05, 0.1) is 0 Å². The molecule has 3 nitrogen and oxygen atoms in total. The fourth-order valence-corrected chi connectivity index (χ4v) is 2.48. The lowest BCUT2D eigenvalue weighted by molar-refractivity contribution is 0.186. The van der Waals surface area contributed by atoms with Crippen molar-refractivity contribution in [2.24, 2.45) is 0 Å². The molecular formula is C12H14N2O. The highest BCUT2D eigenvalue weighted by Crippen LogP contribution is 2.46. The summed E-state index contributed by atoms with van der Waals surface area (Å²) in [6, 6.07) is 3.89. The van der Waals surface area contributed by atoms with Gasteiger partial charge in [-0.2, -0.15) is 4.73 Å². The van der Waals surface area contributed by atoms with E-state index in [0.29, 0.717) is 5.82 Å². The van der Waals surface area contributed by atoms with Gasteiger partial charge in [0.1, 0.15) is 0 Å². The minimum absolute atomic E-state index is 0.281. The topological polar surface area (TPSA) is 38.0 Å². The van der Waals surface area contributed by atoms with Crippen molar-refractivity contribution in [3.63, 3.8) is 0 Å². The Bertz CT molecular complexity index is 471. The molecule has 2 heterocycles. The van der Waals surface area contributed by atoms with Gasteiger partial charge >= 0.3 is 0 Å². The Morgan fingerprint density at radius 2 is 2.27 bits per heavy atom. The van der Waals surface area contributed by atoms with Crippen LogP contribution in [0, 0.1) is 0 Å². The van der Waals surface area contributed by atoms with Crippen LogP contribution in [0.1, 0.15) is 31.7 Å². The van der Waals surface area contributed by atoms with E-state index in [4.69, 9.17) is 0 Å². The minimum Gasteiger partial charge on any atom is -0.427 e. The smallest absolute Gasteiger partial charge is 0.175 e. The Hall–Kier alpha value is -1.51. The third kappa shape index (κ3) is 1.09. The molecule has 0 aromatic rings. The fraction of sp³-hybridized carbons (Fsp3) is 0.417. The SMILES string of the molecule is CC1(c2cnc3n(O)cccc2-3)CCC1. The molecule has 0 spiro atoms. The van der Waals surface area contributed by atoms with E-state index in [1.807, 2.05) is 18.3 Å². The summed E-state index contributed by atoms with van der Waals surface area (Å²) >= 11 is 0. The van der Waals surface area contributed by atoms with Crippen molar-refractivity contribution in [1.82, 2.24) is 9.71 Å². The molecule has 0 amide bonds. The summed E-state index contributed by atoms with van der Waals surface area (Å²) in [4.78, 5) is 4.28. The number of pyridine rings is 1. The van der Waals surface area contributed by atoms with Gasteiger partial charge in [-0.05, 0) is 36.0 Å². The zero-order valence-corrected chi connectivity index (χ0v) is 8.77. The van der Waals surface area contributed by atoms with Crippen LogP contribution in [0.4, 0.5) is 0 Å². The molecule has 1 saturated carbocycles. The van der Waals surface area contributed by atoms with Crippen molar-refractivity contribution in [2.75, 3.05) is 0 Å². The van der Waals surface area contributed by atoms with Gasteiger partial charge in [0.2, 0.25) is 0 Å². The molecule has 0 aromatic heterocycles. The third-order valence-electron chi connectivity index (χ3n) is 3.66. The lowest BCUT2D eigenvalue weighted by Crippen LogP contribution is -2.30. The van der Waals surface area contributed by atoms with E-state index in [2.05, 4.69) is 11.9 Å². The van der Waals surface area contributed by atoms with E-state index in [1.165, 1.54) is 24.8 Å². The average Bonchev–Trinajstić information content (AvgIpc) is 2.60. The van der Waals surface area contributed by atoms with Crippen LogP contribution in [0.5, 0.6) is 0 Å². The molecule has 3 aliphatic rings. The molecule has 2 aliphatic heterocycles. The average molecular weight is 202 g/mol. The van der Waals surface area contributed by atoms with Gasteiger partial charge in [0.15, 0.2) is 5.82 Å². The van der Waals surface area contributed by atoms with Crippen LogP contribution in [-0.4, -0.2) is 14.9 Å². The van der Waals surface area contributed by atoms with Crippen LogP contribution >= 0.6 is 0 Å². The van der Waals surface area contributed by atoms with Crippen LogP contribution in [0.15, 0.2) is 24.5 Å². The minimum atomic E-state index is 0.281. The largest absolute Gasteiger partial charge is 0.427 e. The maximum Gasteiger partial charge on any atom is 0.175 e. The van der Waals surface area contributed by atoms with Gasteiger partial charge in [-0.25, -0.2) is 4.98 Å². The first-order chi connectivity index (χ1) is 7.21. The lowest BCUT2D eigenvalue weighted by atomic mass is 9.66. The number of hydrogen-bond acceptors (Lipinski definition) is 2. The Balaban J connectivity index is 2.16. The Morgan fingerprint density at radius 3 is 2.93 bits per heavy atom. The second-order valence-electron chi connectivity index (χ2n) is 4.68. The van der Waals surface area contributed by atoms with E-state index in [-0.39, 0.29) is 5.41 Å². The van der Waals surface area contributed by atoms with Crippen LogP contribution in [-0.2, 0) is 5.41 Å². The molecule has 0 aromatic carbocycles. The maximum atomic E-state index is 9.60. The Morgan fingerprint density at radius 1 is 1.47 bits per heavy atom. The maximum absolute atomic E-state index is 9.60. The van der Waals surface area contributed by atoms with Crippen LogP contribution in [0.25, 0.3) is 11.4 Å². The highest BCUT2D eigenvalue weighted by Gasteiger charge is 2.37. The highest BCUT2D eigenvalue weighted by molar-refractivity contribution is 5.64. The van der Waals surface area contributed by atoms with Crippen molar-refractivity contribution in [3.8, 4) is 11.4 Å². The summed E-state index contributed by atoms with van der Waals surface area (Å²) in [5.74, 6) is 0.667. The van der Waals surface area contributed by atoms with Crippen LogP contribution in [0.3, 0.4) is 0 Å². The number of fused-ring (bicyclic) bond motifs is 1. The zero-order chi connectivity index (χ0) is 10.5. The van der Waals surface area contributed by atoms with Gasteiger partial charge < -0.3 is 5.21 Å². The molecule has 0 atom stereocenters. The molecule has 1 fully saturated rings. The van der Waals surface area contributed by atoms with Crippen molar-refractivity contribution >= 4 is 0 Å². The molecule has 0 bridgehead atoms. The second kappa shape index (κ2) is 2.75. The number of rotatable bonds is 1. The van der Waals surface area contributed by atoms with Gasteiger partial charge in [0.25, 0.3) is 0 Å². The van der Waals surface area contributed by atoms with Gasteiger partial charge in [-0.3, -0.25) is 0 Å². The summed E-state index contributed by atoms with van der Waals surface area (Å²) in [6.07, 6.45) is 7.29.